The van der Waals surface area contributed by atoms with Gasteiger partial charge in [-0.05, 0) is 25.0 Å². The Bertz CT molecular complexity index is 448. The molecule has 1 amide bonds. The van der Waals surface area contributed by atoms with Crippen LogP contribution >= 0.6 is 0 Å². The van der Waals surface area contributed by atoms with Crippen molar-refractivity contribution in [1.82, 2.24) is 10.3 Å². The minimum Gasteiger partial charge on any atom is -0.368 e. The molecule has 1 fully saturated rings. The summed E-state index contributed by atoms with van der Waals surface area (Å²) in [5.41, 5.74) is 0.495. The first-order chi connectivity index (χ1) is 8.29. The van der Waals surface area contributed by atoms with Crippen LogP contribution in [0.15, 0.2) is 18.3 Å². The number of amides is 1. The highest BCUT2D eigenvalue weighted by Crippen LogP contribution is 2.18. The second-order valence-corrected chi connectivity index (χ2v) is 4.03. The number of nitriles is 1. The molecule has 0 saturated heterocycles. The molecule has 88 valence electrons. The van der Waals surface area contributed by atoms with Crippen LogP contribution in [0.1, 0.15) is 24.8 Å². The molecule has 1 aliphatic rings. The van der Waals surface area contributed by atoms with E-state index in [2.05, 4.69) is 21.7 Å². The number of hydrogen-bond donors (Lipinski definition) is 2. The maximum Gasteiger partial charge on any atom is 0.221 e. The van der Waals surface area contributed by atoms with Crippen LogP contribution in [-0.2, 0) is 4.79 Å². The smallest absolute Gasteiger partial charge is 0.221 e. The monoisotopic (exact) mass is 230 g/mol. The van der Waals surface area contributed by atoms with Crippen LogP contribution in [-0.4, -0.2) is 23.5 Å². The fourth-order valence-corrected chi connectivity index (χ4v) is 1.46. The predicted octanol–water partition coefficient (Wildman–Crippen LogP) is 1.03. The summed E-state index contributed by atoms with van der Waals surface area (Å²) < 4.78 is 0. The lowest BCUT2D eigenvalue weighted by molar-refractivity contribution is -0.120. The molecule has 0 radical (unpaired) electrons. The van der Waals surface area contributed by atoms with Crippen LogP contribution in [0.3, 0.4) is 0 Å². The summed E-state index contributed by atoms with van der Waals surface area (Å²) in [6, 6.07) is 5.85. The molecule has 0 atom stereocenters. The minimum absolute atomic E-state index is 0.0504. The Labute approximate surface area is 99.9 Å². The van der Waals surface area contributed by atoms with Crippen LogP contribution < -0.4 is 10.6 Å². The Morgan fingerprint density at radius 2 is 2.41 bits per heavy atom. The minimum atomic E-state index is 0.0504. The van der Waals surface area contributed by atoms with Crippen molar-refractivity contribution >= 4 is 11.7 Å². The molecule has 0 aromatic carbocycles. The van der Waals surface area contributed by atoms with Gasteiger partial charge in [-0.3, -0.25) is 4.79 Å². The zero-order valence-corrected chi connectivity index (χ0v) is 9.44. The second kappa shape index (κ2) is 5.30. The molecular formula is C12H14N4O. The van der Waals surface area contributed by atoms with E-state index in [0.717, 1.165) is 12.8 Å². The van der Waals surface area contributed by atoms with Gasteiger partial charge in [-0.15, -0.1) is 0 Å². The van der Waals surface area contributed by atoms with E-state index in [1.807, 2.05) is 0 Å². The van der Waals surface area contributed by atoms with E-state index in [4.69, 9.17) is 5.26 Å². The molecule has 0 bridgehead atoms. The quantitative estimate of drug-likeness (QED) is 0.792. The van der Waals surface area contributed by atoms with Gasteiger partial charge in [0.05, 0.1) is 5.56 Å². The number of anilines is 1. The van der Waals surface area contributed by atoms with Crippen molar-refractivity contribution in [2.75, 3.05) is 11.9 Å². The number of rotatable bonds is 5. The number of pyridine rings is 1. The van der Waals surface area contributed by atoms with E-state index >= 15 is 0 Å². The van der Waals surface area contributed by atoms with E-state index in [1.165, 1.54) is 0 Å². The highest BCUT2D eigenvalue weighted by Gasteiger charge is 2.22. The first-order valence-electron chi connectivity index (χ1n) is 5.68. The predicted molar refractivity (Wildman–Crippen MR) is 63.2 cm³/mol. The van der Waals surface area contributed by atoms with Gasteiger partial charge in [0.15, 0.2) is 0 Å². The molecule has 17 heavy (non-hydrogen) atoms. The molecule has 1 heterocycles. The third-order valence-corrected chi connectivity index (χ3v) is 2.52. The van der Waals surface area contributed by atoms with Crippen molar-refractivity contribution in [1.29, 1.82) is 5.26 Å². The standard InChI is InChI=1S/C12H14N4O/c13-8-9-2-1-6-14-12(9)15-7-5-11(17)16-10-3-4-10/h1-2,6,10H,3-5,7H2,(H,14,15)(H,16,17). The Kier molecular flexibility index (Phi) is 3.55. The third kappa shape index (κ3) is 3.45. The number of carbonyl (C=O) groups excluding carboxylic acids is 1. The van der Waals surface area contributed by atoms with E-state index in [1.54, 1.807) is 18.3 Å². The molecule has 5 nitrogen and oxygen atoms in total. The van der Waals surface area contributed by atoms with Gasteiger partial charge in [0.1, 0.15) is 11.9 Å². The molecule has 5 heteroatoms. The number of aromatic nitrogens is 1. The van der Waals surface area contributed by atoms with Crippen LogP contribution in [0.2, 0.25) is 0 Å². The summed E-state index contributed by atoms with van der Waals surface area (Å²) in [5.74, 6) is 0.587. The maximum absolute atomic E-state index is 11.4. The van der Waals surface area contributed by atoms with Crippen LogP contribution in [0.5, 0.6) is 0 Å². The Morgan fingerprint density at radius 3 is 3.12 bits per heavy atom. The molecule has 2 N–H and O–H groups in total. The lowest BCUT2D eigenvalue weighted by atomic mass is 10.3. The lowest BCUT2D eigenvalue weighted by Crippen LogP contribution is -2.27. The number of nitrogens with one attached hydrogen (secondary N) is 2. The molecule has 1 aromatic heterocycles. The molecule has 1 saturated carbocycles. The van der Waals surface area contributed by atoms with Gasteiger partial charge in [0, 0.05) is 25.2 Å². The SMILES string of the molecule is N#Cc1cccnc1NCCC(=O)NC1CC1. The van der Waals surface area contributed by atoms with Gasteiger partial charge in [0.25, 0.3) is 0 Å². The summed E-state index contributed by atoms with van der Waals surface area (Å²) in [5, 5.41) is 14.7. The average molecular weight is 230 g/mol. The van der Waals surface area contributed by atoms with Gasteiger partial charge in [-0.1, -0.05) is 0 Å². The Hall–Kier alpha value is -2.09. The molecule has 0 unspecified atom stereocenters. The fourth-order valence-electron chi connectivity index (χ4n) is 1.46. The van der Waals surface area contributed by atoms with Crippen LogP contribution in [0, 0.1) is 11.3 Å². The summed E-state index contributed by atoms with van der Waals surface area (Å²) in [7, 11) is 0. The zero-order chi connectivity index (χ0) is 12.1. The van der Waals surface area contributed by atoms with Gasteiger partial charge in [-0.25, -0.2) is 4.98 Å². The molecular weight excluding hydrogens is 216 g/mol. The summed E-state index contributed by atoms with van der Waals surface area (Å²) >= 11 is 0. The summed E-state index contributed by atoms with van der Waals surface area (Å²) in [6.45, 7) is 0.490. The Balaban J connectivity index is 1.77. The zero-order valence-electron chi connectivity index (χ0n) is 9.44. The van der Waals surface area contributed by atoms with Crippen molar-refractivity contribution in [2.45, 2.75) is 25.3 Å². The van der Waals surface area contributed by atoms with Crippen molar-refractivity contribution in [3.63, 3.8) is 0 Å². The average Bonchev–Trinajstić information content (AvgIpc) is 3.13. The highest BCUT2D eigenvalue weighted by atomic mass is 16.1. The van der Waals surface area contributed by atoms with Crippen molar-refractivity contribution < 1.29 is 4.79 Å². The van der Waals surface area contributed by atoms with E-state index in [9.17, 15) is 4.79 Å². The van der Waals surface area contributed by atoms with Crippen molar-refractivity contribution in [2.24, 2.45) is 0 Å². The molecule has 0 aliphatic heterocycles. The lowest BCUT2D eigenvalue weighted by Gasteiger charge is -2.06. The van der Waals surface area contributed by atoms with Gasteiger partial charge < -0.3 is 10.6 Å². The largest absolute Gasteiger partial charge is 0.368 e. The normalized spacial score (nSPS) is 13.8. The molecule has 2 rings (SSSR count). The molecule has 0 spiro atoms. The number of hydrogen-bond acceptors (Lipinski definition) is 4. The maximum atomic E-state index is 11.4. The van der Waals surface area contributed by atoms with Crippen molar-refractivity contribution in [3.05, 3.63) is 23.9 Å². The highest BCUT2D eigenvalue weighted by molar-refractivity contribution is 5.77. The van der Waals surface area contributed by atoms with Crippen molar-refractivity contribution in [3.8, 4) is 6.07 Å². The van der Waals surface area contributed by atoms with E-state index in [-0.39, 0.29) is 5.91 Å². The van der Waals surface area contributed by atoms with E-state index < -0.39 is 0 Å². The fraction of sp³-hybridized carbons (Fsp3) is 0.417. The van der Waals surface area contributed by atoms with E-state index in [0.29, 0.717) is 30.4 Å². The number of carbonyl (C=O) groups is 1. The van der Waals surface area contributed by atoms with Gasteiger partial charge >= 0.3 is 0 Å². The third-order valence-electron chi connectivity index (χ3n) is 2.52. The topological polar surface area (TPSA) is 77.8 Å². The van der Waals surface area contributed by atoms with Gasteiger partial charge in [0.2, 0.25) is 5.91 Å². The Morgan fingerprint density at radius 1 is 1.59 bits per heavy atom. The summed E-state index contributed by atoms with van der Waals surface area (Å²) in [6.07, 6.45) is 4.21. The first-order valence-corrected chi connectivity index (χ1v) is 5.68. The number of nitrogens with zero attached hydrogens (tertiary/aromatic N) is 2. The molecule has 1 aliphatic carbocycles. The first kappa shape index (κ1) is 11.4. The van der Waals surface area contributed by atoms with Crippen LogP contribution in [0.4, 0.5) is 5.82 Å². The molecule has 1 aromatic rings. The second-order valence-electron chi connectivity index (χ2n) is 4.03. The van der Waals surface area contributed by atoms with Gasteiger partial charge in [-0.2, -0.15) is 5.26 Å². The van der Waals surface area contributed by atoms with Crippen LogP contribution in [0.25, 0.3) is 0 Å². The summed E-state index contributed by atoms with van der Waals surface area (Å²) in [4.78, 5) is 15.5.